The molecule has 6 rings (SSSR count). The van der Waals surface area contributed by atoms with Crippen LogP contribution in [0.2, 0.25) is 0 Å². The van der Waals surface area contributed by atoms with Crippen LogP contribution in [0, 0.1) is 0 Å². The van der Waals surface area contributed by atoms with Crippen LogP contribution in [0.4, 0.5) is 0 Å². The Morgan fingerprint density at radius 2 is 0.430 bits per heavy atom. The van der Waals surface area contributed by atoms with Crippen molar-refractivity contribution in [3.63, 3.8) is 0 Å². The molecule has 6 aromatic carbocycles. The van der Waals surface area contributed by atoms with Crippen molar-refractivity contribution >= 4 is 0 Å². The fourth-order valence-corrected chi connectivity index (χ4v) is 11.5. The largest absolute Gasteiger partial charge is 0.494 e. The molecule has 6 nitrogen and oxygen atoms in total. The summed E-state index contributed by atoms with van der Waals surface area (Å²) in [6.45, 7) is 14.0. The normalized spacial score (nSPS) is 11.3. The maximum atomic E-state index is 6.54. The summed E-state index contributed by atoms with van der Waals surface area (Å²) >= 11 is 0. The SMILES string of the molecule is CCCCCCCCCCOc1ccc(-c2ccc(-c3ccc(OCCCCCCCCCC)cc3)c(COCCOCc3cc(-c4ccc(OCCCCCCCCCC)cc4)ccc3-c3ccc(OCCCCCCCCCC)cc3)c2)cc1. The molecule has 0 aliphatic carbocycles. The van der Waals surface area contributed by atoms with Crippen LogP contribution >= 0.6 is 0 Å². The van der Waals surface area contributed by atoms with Gasteiger partial charge in [0.15, 0.2) is 0 Å². The topological polar surface area (TPSA) is 55.4 Å². The van der Waals surface area contributed by atoms with Gasteiger partial charge in [0.2, 0.25) is 0 Å². The smallest absolute Gasteiger partial charge is 0.119 e. The van der Waals surface area contributed by atoms with E-state index >= 15 is 0 Å². The Balaban J connectivity index is 1.08. The molecular formula is C80H114O6. The first-order chi connectivity index (χ1) is 42.6. The van der Waals surface area contributed by atoms with E-state index in [0.29, 0.717) is 26.4 Å². The second-order valence-electron chi connectivity index (χ2n) is 24.2. The molecule has 0 unspecified atom stereocenters. The number of hydrogen-bond acceptors (Lipinski definition) is 6. The lowest BCUT2D eigenvalue weighted by Crippen LogP contribution is -2.06. The average molecular weight is 1170 g/mol. The molecule has 0 saturated carbocycles. The lowest BCUT2D eigenvalue weighted by molar-refractivity contribution is 0.0341. The molecule has 470 valence electrons. The minimum Gasteiger partial charge on any atom is -0.494 e. The number of benzene rings is 6. The van der Waals surface area contributed by atoms with Gasteiger partial charge in [-0.3, -0.25) is 0 Å². The average Bonchev–Trinajstić information content (AvgIpc) is 3.25. The Bertz CT molecular complexity index is 2420. The molecule has 6 aromatic rings. The maximum absolute atomic E-state index is 6.54. The van der Waals surface area contributed by atoms with Crippen molar-refractivity contribution in [3.05, 3.63) is 145 Å². The summed E-state index contributed by atoms with van der Waals surface area (Å²) in [6, 6.07) is 47.9. The van der Waals surface area contributed by atoms with Crippen LogP contribution in [0.25, 0.3) is 44.5 Å². The van der Waals surface area contributed by atoms with Crippen LogP contribution in [-0.2, 0) is 22.7 Å². The molecule has 0 saturated heterocycles. The van der Waals surface area contributed by atoms with Gasteiger partial charge in [-0.15, -0.1) is 0 Å². The molecule has 0 spiro atoms. The van der Waals surface area contributed by atoms with E-state index in [1.54, 1.807) is 0 Å². The van der Waals surface area contributed by atoms with Crippen LogP contribution in [0.3, 0.4) is 0 Å². The highest BCUT2D eigenvalue weighted by Gasteiger charge is 2.13. The molecule has 0 radical (unpaired) electrons. The predicted molar refractivity (Wildman–Crippen MR) is 366 cm³/mol. The highest BCUT2D eigenvalue weighted by Crippen LogP contribution is 2.34. The van der Waals surface area contributed by atoms with E-state index in [1.165, 1.54) is 180 Å². The van der Waals surface area contributed by atoms with Crippen LogP contribution in [-0.4, -0.2) is 39.6 Å². The predicted octanol–water partition coefficient (Wildman–Crippen LogP) is 24.2. The van der Waals surface area contributed by atoms with E-state index in [4.69, 9.17) is 28.4 Å². The lowest BCUT2D eigenvalue weighted by Gasteiger charge is -2.16. The second-order valence-corrected chi connectivity index (χ2v) is 24.2. The van der Waals surface area contributed by atoms with Gasteiger partial charge in [0.1, 0.15) is 23.0 Å². The fourth-order valence-electron chi connectivity index (χ4n) is 11.5. The molecular weight excluding hydrogens is 1060 g/mol. The minimum atomic E-state index is 0.454. The summed E-state index contributed by atoms with van der Waals surface area (Å²) in [7, 11) is 0. The van der Waals surface area contributed by atoms with Crippen molar-refractivity contribution in [2.45, 2.75) is 246 Å². The molecule has 0 fully saturated rings. The van der Waals surface area contributed by atoms with E-state index in [2.05, 4.69) is 161 Å². The molecule has 86 heavy (non-hydrogen) atoms. The Morgan fingerprint density at radius 1 is 0.209 bits per heavy atom. The molecule has 0 aromatic heterocycles. The van der Waals surface area contributed by atoms with E-state index in [9.17, 15) is 0 Å². The number of unbranched alkanes of at least 4 members (excludes halogenated alkanes) is 28. The minimum absolute atomic E-state index is 0.454. The zero-order chi connectivity index (χ0) is 60.2. The van der Waals surface area contributed by atoms with Gasteiger partial charge >= 0.3 is 0 Å². The molecule has 6 heteroatoms. The van der Waals surface area contributed by atoms with Gasteiger partial charge < -0.3 is 28.4 Å². The highest BCUT2D eigenvalue weighted by molar-refractivity contribution is 5.75. The first kappa shape index (κ1) is 69.5. The second kappa shape index (κ2) is 44.8. The summed E-state index contributed by atoms with van der Waals surface area (Å²) < 4.78 is 37.9. The zero-order valence-electron chi connectivity index (χ0n) is 54.4. The molecule has 0 atom stereocenters. The Labute approximate surface area is 523 Å². The Hall–Kier alpha value is -5.56. The van der Waals surface area contributed by atoms with Crippen molar-refractivity contribution in [1.29, 1.82) is 0 Å². The van der Waals surface area contributed by atoms with E-state index < -0.39 is 0 Å². The summed E-state index contributed by atoms with van der Waals surface area (Å²) in [5.41, 5.74) is 11.5. The van der Waals surface area contributed by atoms with Crippen LogP contribution in [0.5, 0.6) is 23.0 Å². The highest BCUT2D eigenvalue weighted by atomic mass is 16.5. The van der Waals surface area contributed by atoms with Gasteiger partial charge in [-0.05, 0) is 142 Å². The van der Waals surface area contributed by atoms with Gasteiger partial charge in [0.05, 0.1) is 52.9 Å². The van der Waals surface area contributed by atoms with Crippen molar-refractivity contribution in [3.8, 4) is 67.5 Å². The quantitative estimate of drug-likeness (QED) is 0.0355. The van der Waals surface area contributed by atoms with Crippen LogP contribution in [0.1, 0.15) is 244 Å². The number of ether oxygens (including phenoxy) is 6. The Morgan fingerprint density at radius 3 is 0.686 bits per heavy atom. The van der Waals surface area contributed by atoms with Gasteiger partial charge in [-0.25, -0.2) is 0 Å². The summed E-state index contributed by atoms with van der Waals surface area (Å²) in [6.07, 6.45) is 41.3. The van der Waals surface area contributed by atoms with Gasteiger partial charge in [-0.2, -0.15) is 0 Å². The van der Waals surface area contributed by atoms with Crippen LogP contribution in [0.15, 0.2) is 133 Å². The number of rotatable bonds is 51. The van der Waals surface area contributed by atoms with E-state index in [-0.39, 0.29) is 0 Å². The molecule has 0 amide bonds. The lowest BCUT2D eigenvalue weighted by atomic mass is 9.95. The van der Waals surface area contributed by atoms with Gasteiger partial charge in [0, 0.05) is 0 Å². The third-order valence-electron chi connectivity index (χ3n) is 16.9. The Kier molecular flexibility index (Phi) is 36.2. The summed E-state index contributed by atoms with van der Waals surface area (Å²) in [5.74, 6) is 3.69. The van der Waals surface area contributed by atoms with Crippen molar-refractivity contribution < 1.29 is 28.4 Å². The molecule has 0 N–H and O–H groups in total. The monoisotopic (exact) mass is 1170 g/mol. The van der Waals surface area contributed by atoms with Crippen molar-refractivity contribution in [2.24, 2.45) is 0 Å². The first-order valence-electron chi connectivity index (χ1n) is 34.9. The third kappa shape index (κ3) is 28.1. The fraction of sp³-hybridized carbons (Fsp3) is 0.550. The zero-order valence-corrected chi connectivity index (χ0v) is 54.4. The standard InChI is InChI=1S/C80H114O6/c1-5-9-13-17-21-25-29-33-57-83-75-47-37-67(38-48-75)71-45-55-79(69-41-51-77(52-42-69)85-59-35-31-27-23-19-15-11-7-3)73(63-71)65-81-61-62-82-66-74-64-72(68-39-49-76(50-40-68)84-58-34-30-26-22-18-14-10-6-2)46-56-80(74)70-43-53-78(54-44-70)86-60-36-32-28-24-20-16-12-8-4/h37-56,63-64H,5-36,57-62,65-66H2,1-4H3. The van der Waals surface area contributed by atoms with Crippen LogP contribution < -0.4 is 18.9 Å². The summed E-state index contributed by atoms with van der Waals surface area (Å²) in [4.78, 5) is 0. The third-order valence-corrected chi connectivity index (χ3v) is 16.9. The van der Waals surface area contributed by atoms with Gasteiger partial charge in [0.25, 0.3) is 0 Å². The first-order valence-corrected chi connectivity index (χ1v) is 34.9. The number of hydrogen-bond donors (Lipinski definition) is 0. The summed E-state index contributed by atoms with van der Waals surface area (Å²) in [5, 5.41) is 0. The van der Waals surface area contributed by atoms with E-state index in [0.717, 1.165) is 131 Å². The van der Waals surface area contributed by atoms with E-state index in [1.807, 2.05) is 0 Å². The molecule has 0 bridgehead atoms. The molecule has 0 aliphatic rings. The van der Waals surface area contributed by atoms with Crippen molar-refractivity contribution in [2.75, 3.05) is 39.6 Å². The molecule has 0 aliphatic heterocycles. The maximum Gasteiger partial charge on any atom is 0.119 e. The van der Waals surface area contributed by atoms with Gasteiger partial charge in [-0.1, -0.05) is 280 Å². The molecule has 0 heterocycles. The van der Waals surface area contributed by atoms with Crippen molar-refractivity contribution in [1.82, 2.24) is 0 Å².